The van der Waals surface area contributed by atoms with Gasteiger partial charge in [0.25, 0.3) is 10.0 Å². The Balaban J connectivity index is 2.92. The summed E-state index contributed by atoms with van der Waals surface area (Å²) in [5.74, 6) is -0.407. The molecule has 0 aromatic carbocycles. The number of rotatable bonds is 6. The minimum Gasteiger partial charge on any atom is -0.477 e. The van der Waals surface area contributed by atoms with Crippen molar-refractivity contribution in [2.45, 2.75) is 4.21 Å². The smallest absolute Gasteiger partial charge is 0.345 e. The van der Waals surface area contributed by atoms with E-state index in [4.69, 9.17) is 5.11 Å². The lowest BCUT2D eigenvalue weighted by Gasteiger charge is -2.14. The topological polar surface area (TPSA) is 74.7 Å². The SMILES string of the molecule is CSCCN(C)S(=O)(=O)c1ccc(C(=O)O)s1. The first kappa shape index (κ1) is 14.5. The third-order valence-corrected chi connectivity index (χ3v) is 6.06. The molecule has 1 heterocycles. The second kappa shape index (κ2) is 5.85. The molecule has 0 aliphatic carbocycles. The maximum atomic E-state index is 12.0. The predicted octanol–water partition coefficient (Wildman–Crippen LogP) is 1.43. The van der Waals surface area contributed by atoms with Gasteiger partial charge in [0.05, 0.1) is 0 Å². The van der Waals surface area contributed by atoms with Gasteiger partial charge in [-0.05, 0) is 18.4 Å². The van der Waals surface area contributed by atoms with E-state index < -0.39 is 16.0 Å². The fourth-order valence-electron chi connectivity index (χ4n) is 1.07. The molecule has 0 radical (unpaired) electrons. The summed E-state index contributed by atoms with van der Waals surface area (Å²) < 4.78 is 25.3. The second-order valence-corrected chi connectivity index (χ2v) is 7.58. The van der Waals surface area contributed by atoms with Gasteiger partial charge in [-0.2, -0.15) is 16.1 Å². The van der Waals surface area contributed by atoms with E-state index in [0.29, 0.717) is 12.3 Å². The van der Waals surface area contributed by atoms with Crippen LogP contribution in [0.1, 0.15) is 9.67 Å². The van der Waals surface area contributed by atoms with Gasteiger partial charge in [0, 0.05) is 19.3 Å². The number of carboxylic acid groups (broad SMARTS) is 1. The highest BCUT2D eigenvalue weighted by Gasteiger charge is 2.23. The molecule has 0 aliphatic heterocycles. The van der Waals surface area contributed by atoms with Crippen LogP contribution in [0.4, 0.5) is 0 Å². The third kappa shape index (κ3) is 3.44. The molecule has 0 atom stereocenters. The van der Waals surface area contributed by atoms with E-state index in [1.807, 2.05) is 6.26 Å². The molecule has 0 amide bonds. The van der Waals surface area contributed by atoms with Crippen molar-refractivity contribution in [3.8, 4) is 0 Å². The fraction of sp³-hybridized carbons (Fsp3) is 0.444. The molecule has 0 fully saturated rings. The standard InChI is InChI=1S/C9H13NO4S3/c1-10(5-6-15-2)17(13,14)8-4-3-7(16-8)9(11)12/h3-4H,5-6H2,1-2H3,(H,11,12). The Bertz CT molecular complexity index is 494. The van der Waals surface area contributed by atoms with Crippen molar-refractivity contribution in [1.82, 2.24) is 4.31 Å². The van der Waals surface area contributed by atoms with Gasteiger partial charge in [-0.3, -0.25) is 0 Å². The van der Waals surface area contributed by atoms with Crippen LogP contribution >= 0.6 is 23.1 Å². The molecule has 0 bridgehead atoms. The van der Waals surface area contributed by atoms with Crippen LogP contribution in [0, 0.1) is 0 Å². The molecular formula is C9H13NO4S3. The van der Waals surface area contributed by atoms with Crippen LogP contribution in [-0.4, -0.2) is 49.4 Å². The van der Waals surface area contributed by atoms with E-state index in [2.05, 4.69) is 0 Å². The Labute approximate surface area is 108 Å². The van der Waals surface area contributed by atoms with Crippen molar-refractivity contribution >= 4 is 39.1 Å². The summed E-state index contributed by atoms with van der Waals surface area (Å²) in [6.07, 6.45) is 1.90. The molecule has 8 heteroatoms. The maximum Gasteiger partial charge on any atom is 0.345 e. The quantitative estimate of drug-likeness (QED) is 0.859. The molecule has 0 saturated carbocycles. The Kier molecular flexibility index (Phi) is 4.99. The molecule has 96 valence electrons. The molecule has 1 aromatic rings. The Morgan fingerprint density at radius 3 is 2.65 bits per heavy atom. The lowest BCUT2D eigenvalue weighted by molar-refractivity contribution is 0.0702. The lowest BCUT2D eigenvalue weighted by Crippen LogP contribution is -2.28. The Morgan fingerprint density at radius 2 is 2.18 bits per heavy atom. The first-order valence-electron chi connectivity index (χ1n) is 4.68. The molecule has 0 aliphatic rings. The van der Waals surface area contributed by atoms with Crippen molar-refractivity contribution in [3.63, 3.8) is 0 Å². The molecule has 0 spiro atoms. The second-order valence-electron chi connectivity index (χ2n) is 3.24. The number of thiophene rings is 1. The first-order valence-corrected chi connectivity index (χ1v) is 8.33. The summed E-state index contributed by atoms with van der Waals surface area (Å²) in [4.78, 5) is 10.7. The van der Waals surface area contributed by atoms with Crippen molar-refractivity contribution in [2.24, 2.45) is 0 Å². The number of nitrogens with zero attached hydrogens (tertiary/aromatic N) is 1. The van der Waals surface area contributed by atoms with Gasteiger partial charge in [0.2, 0.25) is 0 Å². The maximum absolute atomic E-state index is 12.0. The van der Waals surface area contributed by atoms with Crippen molar-refractivity contribution in [3.05, 3.63) is 17.0 Å². The molecule has 0 saturated heterocycles. The Morgan fingerprint density at radius 1 is 1.53 bits per heavy atom. The molecule has 0 unspecified atom stereocenters. The number of carbonyl (C=O) groups is 1. The number of sulfonamides is 1. The first-order chi connectivity index (χ1) is 7.89. The van der Waals surface area contributed by atoms with Crippen LogP contribution in [0.25, 0.3) is 0 Å². The van der Waals surface area contributed by atoms with Gasteiger partial charge >= 0.3 is 5.97 Å². The van der Waals surface area contributed by atoms with Crippen LogP contribution in [-0.2, 0) is 10.0 Å². The molecular weight excluding hydrogens is 282 g/mol. The highest BCUT2D eigenvalue weighted by molar-refractivity contribution is 7.98. The summed E-state index contributed by atoms with van der Waals surface area (Å²) in [6, 6.07) is 2.64. The van der Waals surface area contributed by atoms with Gasteiger partial charge in [-0.25, -0.2) is 13.2 Å². The van der Waals surface area contributed by atoms with Gasteiger partial charge in [0.15, 0.2) is 0 Å². The summed E-state index contributed by atoms with van der Waals surface area (Å²) in [5, 5.41) is 8.74. The van der Waals surface area contributed by atoms with Crippen molar-refractivity contribution in [1.29, 1.82) is 0 Å². The average Bonchev–Trinajstić information content (AvgIpc) is 2.75. The van der Waals surface area contributed by atoms with Gasteiger partial charge in [0.1, 0.15) is 9.09 Å². The van der Waals surface area contributed by atoms with E-state index in [1.54, 1.807) is 11.8 Å². The van der Waals surface area contributed by atoms with E-state index >= 15 is 0 Å². The van der Waals surface area contributed by atoms with E-state index in [-0.39, 0.29) is 9.09 Å². The number of hydrogen-bond acceptors (Lipinski definition) is 5. The van der Waals surface area contributed by atoms with Gasteiger partial charge in [-0.1, -0.05) is 0 Å². The lowest BCUT2D eigenvalue weighted by atomic mass is 10.5. The normalized spacial score (nSPS) is 11.9. The predicted molar refractivity (Wildman–Crippen MR) is 69.5 cm³/mol. The van der Waals surface area contributed by atoms with Crippen LogP contribution < -0.4 is 0 Å². The molecule has 1 N–H and O–H groups in total. The number of hydrogen-bond donors (Lipinski definition) is 1. The largest absolute Gasteiger partial charge is 0.477 e. The van der Waals surface area contributed by atoms with E-state index in [1.165, 1.54) is 23.5 Å². The number of aromatic carboxylic acids is 1. The van der Waals surface area contributed by atoms with Crippen molar-refractivity contribution in [2.75, 3.05) is 25.6 Å². The minimum absolute atomic E-state index is 0.0295. The van der Waals surface area contributed by atoms with E-state index in [9.17, 15) is 13.2 Å². The summed E-state index contributed by atoms with van der Waals surface area (Å²) >= 11 is 2.33. The fourth-order valence-corrected chi connectivity index (χ4v) is 4.17. The van der Waals surface area contributed by atoms with Gasteiger partial charge in [-0.15, -0.1) is 11.3 Å². The highest BCUT2D eigenvalue weighted by Crippen LogP contribution is 2.24. The molecule has 5 nitrogen and oxygen atoms in total. The molecule has 1 aromatic heterocycles. The minimum atomic E-state index is -3.55. The summed E-state index contributed by atoms with van der Waals surface area (Å²) in [5.41, 5.74) is 0. The van der Waals surface area contributed by atoms with E-state index in [0.717, 1.165) is 11.3 Å². The number of thioether (sulfide) groups is 1. The molecule has 17 heavy (non-hydrogen) atoms. The number of carboxylic acids is 1. The average molecular weight is 295 g/mol. The third-order valence-electron chi connectivity index (χ3n) is 2.07. The van der Waals surface area contributed by atoms with Crippen LogP contribution in [0.3, 0.4) is 0 Å². The monoisotopic (exact) mass is 295 g/mol. The zero-order chi connectivity index (χ0) is 13.1. The van der Waals surface area contributed by atoms with Gasteiger partial charge < -0.3 is 5.11 Å². The highest BCUT2D eigenvalue weighted by atomic mass is 32.2. The van der Waals surface area contributed by atoms with Crippen LogP contribution in [0.2, 0.25) is 0 Å². The Hall–Kier alpha value is -0.570. The molecule has 1 rings (SSSR count). The summed E-state index contributed by atoms with van der Waals surface area (Å²) in [6.45, 7) is 0.407. The summed E-state index contributed by atoms with van der Waals surface area (Å²) in [7, 11) is -2.06. The zero-order valence-electron chi connectivity index (χ0n) is 9.41. The van der Waals surface area contributed by atoms with Crippen LogP contribution in [0.5, 0.6) is 0 Å². The van der Waals surface area contributed by atoms with Crippen LogP contribution in [0.15, 0.2) is 16.3 Å². The zero-order valence-corrected chi connectivity index (χ0v) is 11.9. The van der Waals surface area contributed by atoms with Crippen molar-refractivity contribution < 1.29 is 18.3 Å².